The molecule has 1 aliphatic carbocycles. The van der Waals surface area contributed by atoms with Gasteiger partial charge in [0.25, 0.3) is 5.91 Å². The molecule has 0 spiro atoms. The zero-order valence-corrected chi connectivity index (χ0v) is 14.0. The van der Waals surface area contributed by atoms with Crippen LogP contribution >= 0.6 is 11.8 Å². The third kappa shape index (κ3) is 2.65. The first-order valence-electron chi connectivity index (χ1n) is 8.59. The molecule has 1 aromatic rings. The van der Waals surface area contributed by atoms with E-state index in [4.69, 9.17) is 0 Å². The number of carbonyl (C=O) groups is 2. The second kappa shape index (κ2) is 6.19. The molecule has 4 rings (SSSR count). The van der Waals surface area contributed by atoms with E-state index in [9.17, 15) is 9.59 Å². The molecule has 5 heteroatoms. The van der Waals surface area contributed by atoms with E-state index in [1.807, 2.05) is 24.3 Å². The molecular weight excluding hydrogens is 308 g/mol. The van der Waals surface area contributed by atoms with Gasteiger partial charge in [-0.05, 0) is 24.5 Å². The zero-order chi connectivity index (χ0) is 15.8. The van der Waals surface area contributed by atoms with E-state index in [2.05, 4.69) is 5.32 Å². The first-order valence-corrected chi connectivity index (χ1v) is 9.64. The normalized spacial score (nSPS) is 27.5. The molecule has 0 unspecified atom stereocenters. The van der Waals surface area contributed by atoms with Crippen molar-refractivity contribution in [2.24, 2.45) is 0 Å². The smallest absolute Gasteiger partial charge is 0.256 e. The third-order valence-corrected chi connectivity index (χ3v) is 6.50. The van der Waals surface area contributed by atoms with Crippen LogP contribution in [0, 0.1) is 0 Å². The quantitative estimate of drug-likeness (QED) is 0.848. The Hall–Kier alpha value is -1.49. The Balaban J connectivity index is 1.49. The summed E-state index contributed by atoms with van der Waals surface area (Å²) in [7, 11) is 0. The molecule has 2 heterocycles. The number of hydrogen-bond donors (Lipinski definition) is 1. The van der Waals surface area contributed by atoms with Crippen molar-refractivity contribution in [3.8, 4) is 0 Å². The summed E-state index contributed by atoms with van der Waals surface area (Å²) in [6, 6.07) is 7.70. The molecule has 2 amide bonds. The molecule has 2 atom stereocenters. The van der Waals surface area contributed by atoms with E-state index in [0.29, 0.717) is 5.75 Å². The molecule has 4 nitrogen and oxygen atoms in total. The van der Waals surface area contributed by atoms with Gasteiger partial charge in [0.1, 0.15) is 11.4 Å². The molecule has 0 radical (unpaired) electrons. The summed E-state index contributed by atoms with van der Waals surface area (Å²) in [5, 5.41) is 3.23. The van der Waals surface area contributed by atoms with E-state index < -0.39 is 0 Å². The van der Waals surface area contributed by atoms with Gasteiger partial charge in [-0.1, -0.05) is 43.9 Å². The number of hydrogen-bond acceptors (Lipinski definition) is 3. The van der Waals surface area contributed by atoms with Gasteiger partial charge >= 0.3 is 0 Å². The van der Waals surface area contributed by atoms with E-state index in [1.54, 1.807) is 16.7 Å². The second-order valence-corrected chi connectivity index (χ2v) is 7.81. The molecule has 1 saturated heterocycles. The van der Waals surface area contributed by atoms with E-state index >= 15 is 0 Å². The predicted molar refractivity (Wildman–Crippen MR) is 91.2 cm³/mol. The van der Waals surface area contributed by atoms with Crippen molar-refractivity contribution in [1.29, 1.82) is 0 Å². The van der Waals surface area contributed by atoms with Crippen LogP contribution in [0.15, 0.2) is 24.3 Å². The number of nitrogens with zero attached hydrogens (tertiary/aromatic N) is 1. The molecule has 2 aliphatic heterocycles. The lowest BCUT2D eigenvalue weighted by Crippen LogP contribution is -2.48. The van der Waals surface area contributed by atoms with Gasteiger partial charge < -0.3 is 10.2 Å². The van der Waals surface area contributed by atoms with Gasteiger partial charge in [0.05, 0.1) is 0 Å². The van der Waals surface area contributed by atoms with Crippen molar-refractivity contribution in [2.45, 2.75) is 56.0 Å². The van der Waals surface area contributed by atoms with E-state index in [0.717, 1.165) is 24.0 Å². The Labute approximate surface area is 141 Å². The maximum atomic E-state index is 12.7. The fourth-order valence-electron chi connectivity index (χ4n) is 3.96. The summed E-state index contributed by atoms with van der Waals surface area (Å²) in [6.45, 7) is 0. The van der Waals surface area contributed by atoms with Crippen molar-refractivity contribution in [2.75, 3.05) is 5.75 Å². The van der Waals surface area contributed by atoms with Gasteiger partial charge in [0, 0.05) is 17.4 Å². The molecule has 0 bridgehead atoms. The average Bonchev–Trinajstić information content (AvgIpc) is 3.00. The SMILES string of the molecule is O=C(NC1CCCCCC1)[C@H]1CS[C@@H]2c3ccccc3C(=O)N12. The van der Waals surface area contributed by atoms with Crippen molar-refractivity contribution < 1.29 is 9.59 Å². The first-order chi connectivity index (χ1) is 11.3. The maximum absolute atomic E-state index is 12.7. The van der Waals surface area contributed by atoms with Crippen LogP contribution in [0.1, 0.15) is 59.8 Å². The zero-order valence-electron chi connectivity index (χ0n) is 13.2. The number of amides is 2. The number of thioether (sulfide) groups is 1. The van der Waals surface area contributed by atoms with Crippen molar-refractivity contribution >= 4 is 23.6 Å². The summed E-state index contributed by atoms with van der Waals surface area (Å²) in [6.07, 6.45) is 7.08. The maximum Gasteiger partial charge on any atom is 0.256 e. The van der Waals surface area contributed by atoms with Crippen molar-refractivity contribution in [3.63, 3.8) is 0 Å². The molecule has 2 fully saturated rings. The van der Waals surface area contributed by atoms with Gasteiger partial charge in [-0.2, -0.15) is 0 Å². The van der Waals surface area contributed by atoms with Crippen molar-refractivity contribution in [3.05, 3.63) is 35.4 Å². The molecule has 23 heavy (non-hydrogen) atoms. The Morgan fingerprint density at radius 2 is 1.87 bits per heavy atom. The fraction of sp³-hybridized carbons (Fsp3) is 0.556. The summed E-state index contributed by atoms with van der Waals surface area (Å²) >= 11 is 1.71. The average molecular weight is 330 g/mol. The number of fused-ring (bicyclic) bond motifs is 3. The summed E-state index contributed by atoms with van der Waals surface area (Å²) in [5.74, 6) is 0.744. The van der Waals surface area contributed by atoms with Gasteiger partial charge in [0.2, 0.25) is 5.91 Å². The van der Waals surface area contributed by atoms with Crippen LogP contribution in [0.3, 0.4) is 0 Å². The van der Waals surface area contributed by atoms with Gasteiger partial charge in [0.15, 0.2) is 0 Å². The lowest BCUT2D eigenvalue weighted by Gasteiger charge is -2.25. The molecule has 1 N–H and O–H groups in total. The lowest BCUT2D eigenvalue weighted by atomic mass is 10.1. The minimum atomic E-state index is -0.326. The lowest BCUT2D eigenvalue weighted by molar-refractivity contribution is -0.125. The van der Waals surface area contributed by atoms with Crippen LogP contribution in [0.25, 0.3) is 0 Å². The molecule has 3 aliphatic rings. The molecule has 1 saturated carbocycles. The van der Waals surface area contributed by atoms with Gasteiger partial charge in [-0.3, -0.25) is 9.59 Å². The van der Waals surface area contributed by atoms with Crippen LogP contribution < -0.4 is 5.32 Å². The highest BCUT2D eigenvalue weighted by Gasteiger charge is 2.48. The number of benzene rings is 1. The fourth-order valence-corrected chi connectivity index (χ4v) is 5.43. The van der Waals surface area contributed by atoms with Crippen molar-refractivity contribution in [1.82, 2.24) is 10.2 Å². The van der Waals surface area contributed by atoms with Crippen LogP contribution in [-0.2, 0) is 4.79 Å². The second-order valence-electron chi connectivity index (χ2n) is 6.70. The standard InChI is InChI=1S/C18H22N2O2S/c21-16(19-12-7-3-1-2-4-8-12)15-11-23-18-14-10-6-5-9-13(14)17(22)20(15)18/h5-6,9-10,12,15,18H,1-4,7-8,11H2,(H,19,21)/t15-,18-/m1/s1. The summed E-state index contributed by atoms with van der Waals surface area (Å²) in [4.78, 5) is 27.2. The molecule has 122 valence electrons. The first kappa shape index (κ1) is 15.1. The minimum absolute atomic E-state index is 0.0108. The van der Waals surface area contributed by atoms with Crippen LogP contribution in [0.2, 0.25) is 0 Å². The van der Waals surface area contributed by atoms with Crippen LogP contribution in [-0.4, -0.2) is 34.6 Å². The Kier molecular flexibility index (Phi) is 4.05. The van der Waals surface area contributed by atoms with Gasteiger partial charge in [-0.15, -0.1) is 11.8 Å². The summed E-state index contributed by atoms with van der Waals surface area (Å²) < 4.78 is 0. The highest BCUT2D eigenvalue weighted by Crippen LogP contribution is 2.48. The number of rotatable bonds is 2. The molecule has 0 aromatic heterocycles. The number of carbonyl (C=O) groups excluding carboxylic acids is 2. The topological polar surface area (TPSA) is 49.4 Å². The Morgan fingerprint density at radius 3 is 2.65 bits per heavy atom. The third-order valence-electron chi connectivity index (χ3n) is 5.20. The Morgan fingerprint density at radius 1 is 1.13 bits per heavy atom. The van der Waals surface area contributed by atoms with Crippen LogP contribution in [0.4, 0.5) is 0 Å². The highest BCUT2D eigenvalue weighted by molar-refractivity contribution is 7.99. The van der Waals surface area contributed by atoms with Crippen LogP contribution in [0.5, 0.6) is 0 Å². The summed E-state index contributed by atoms with van der Waals surface area (Å²) in [5.41, 5.74) is 1.82. The monoisotopic (exact) mass is 330 g/mol. The number of nitrogens with one attached hydrogen (secondary N) is 1. The molecule has 1 aromatic carbocycles. The largest absolute Gasteiger partial charge is 0.352 e. The highest BCUT2D eigenvalue weighted by atomic mass is 32.2. The van der Waals surface area contributed by atoms with E-state index in [1.165, 1.54) is 25.7 Å². The molecular formula is C18H22N2O2S. The Bertz CT molecular complexity index is 625. The van der Waals surface area contributed by atoms with Gasteiger partial charge in [-0.25, -0.2) is 0 Å². The predicted octanol–water partition coefficient (Wildman–Crippen LogP) is 3.10. The minimum Gasteiger partial charge on any atom is -0.352 e. The van der Waals surface area contributed by atoms with E-state index in [-0.39, 0.29) is 29.3 Å².